The average Bonchev–Trinajstić information content (AvgIpc) is 2.68. The Balaban J connectivity index is 2.47. The third-order valence-corrected chi connectivity index (χ3v) is 4.73. The van der Waals surface area contributed by atoms with Gasteiger partial charge in [0.1, 0.15) is 29.3 Å². The van der Waals surface area contributed by atoms with Gasteiger partial charge >= 0.3 is 5.97 Å². The van der Waals surface area contributed by atoms with Crippen LogP contribution in [0, 0.1) is 5.92 Å². The summed E-state index contributed by atoms with van der Waals surface area (Å²) < 4.78 is 11.0. The van der Waals surface area contributed by atoms with E-state index in [1.807, 2.05) is 6.92 Å². The zero-order chi connectivity index (χ0) is 21.6. The standard InChI is InChI=1S/C22H28O7/c1-4-10-28-16-11-15-6-5-7-17(23)21(26)18(24)9-8-13(2)14(3)29-22(27)20(15)19(25)12-16/h5-6,8-9,11-14,17,21,23,25-26H,4,7,10H2,1-3H3/b6-5+,9-8-/t13-,14+,17+,21?/m1/s1. The van der Waals surface area contributed by atoms with Gasteiger partial charge in [-0.15, -0.1) is 0 Å². The molecule has 29 heavy (non-hydrogen) atoms. The molecule has 1 unspecified atom stereocenters. The maximum absolute atomic E-state index is 12.7. The SMILES string of the molecule is CCCOc1cc(O)c2c(c1)/C=C/C[C@H](O)C(O)C(=O)/C=C\[C@@H](C)[C@H](C)OC2=O. The molecular formula is C22H28O7. The van der Waals surface area contributed by atoms with Crippen LogP contribution in [0.25, 0.3) is 6.08 Å². The lowest BCUT2D eigenvalue weighted by molar-refractivity contribution is -0.127. The van der Waals surface area contributed by atoms with E-state index < -0.39 is 30.1 Å². The number of esters is 1. The Labute approximate surface area is 170 Å². The predicted molar refractivity (Wildman–Crippen MR) is 108 cm³/mol. The molecule has 0 fully saturated rings. The number of hydrogen-bond acceptors (Lipinski definition) is 7. The fraction of sp³-hybridized carbons (Fsp3) is 0.455. The summed E-state index contributed by atoms with van der Waals surface area (Å²) in [5.41, 5.74) is 0.331. The lowest BCUT2D eigenvalue weighted by atomic mass is 9.99. The lowest BCUT2D eigenvalue weighted by Crippen LogP contribution is -2.32. The molecule has 0 radical (unpaired) electrons. The van der Waals surface area contributed by atoms with Gasteiger partial charge in [0.15, 0.2) is 5.78 Å². The number of carbonyl (C=O) groups excluding carboxylic acids is 2. The summed E-state index contributed by atoms with van der Waals surface area (Å²) in [6.45, 7) is 5.81. The monoisotopic (exact) mass is 404 g/mol. The molecule has 2 rings (SSSR count). The molecule has 0 bridgehead atoms. The number of aromatic hydroxyl groups is 1. The summed E-state index contributed by atoms with van der Waals surface area (Å²) in [6.07, 6.45) is 3.02. The number of phenols is 1. The average molecular weight is 404 g/mol. The molecule has 3 N–H and O–H groups in total. The zero-order valence-electron chi connectivity index (χ0n) is 16.9. The maximum Gasteiger partial charge on any atom is 0.342 e. The van der Waals surface area contributed by atoms with Crippen LogP contribution in [0.4, 0.5) is 0 Å². The minimum Gasteiger partial charge on any atom is -0.507 e. The van der Waals surface area contributed by atoms with Crippen molar-refractivity contribution in [1.82, 2.24) is 0 Å². The molecule has 0 aliphatic carbocycles. The van der Waals surface area contributed by atoms with Gasteiger partial charge in [-0.05, 0) is 37.5 Å². The van der Waals surface area contributed by atoms with Crippen molar-refractivity contribution in [2.75, 3.05) is 6.61 Å². The van der Waals surface area contributed by atoms with Crippen molar-refractivity contribution in [2.45, 2.75) is 51.9 Å². The maximum atomic E-state index is 12.7. The van der Waals surface area contributed by atoms with Gasteiger partial charge in [-0.1, -0.05) is 32.1 Å². The quantitative estimate of drug-likeness (QED) is 0.664. The highest BCUT2D eigenvalue weighted by Crippen LogP contribution is 2.31. The van der Waals surface area contributed by atoms with Crippen molar-refractivity contribution < 1.29 is 34.4 Å². The number of rotatable bonds is 3. The molecule has 0 saturated carbocycles. The van der Waals surface area contributed by atoms with Gasteiger partial charge in [-0.2, -0.15) is 0 Å². The number of carbonyl (C=O) groups is 2. The normalized spacial score (nSPS) is 28.0. The van der Waals surface area contributed by atoms with Crippen molar-refractivity contribution in [3.8, 4) is 11.5 Å². The number of fused-ring (bicyclic) bond motifs is 1. The van der Waals surface area contributed by atoms with Crippen molar-refractivity contribution >= 4 is 17.8 Å². The molecule has 0 amide bonds. The minimum absolute atomic E-state index is 0.0173. The van der Waals surface area contributed by atoms with E-state index in [1.165, 1.54) is 30.4 Å². The molecule has 0 saturated heterocycles. The number of benzene rings is 1. The van der Waals surface area contributed by atoms with Crippen LogP contribution in [0.2, 0.25) is 0 Å². The third kappa shape index (κ3) is 5.92. The van der Waals surface area contributed by atoms with Crippen LogP contribution in [-0.4, -0.2) is 52.0 Å². The smallest absolute Gasteiger partial charge is 0.342 e. The number of ketones is 1. The van der Waals surface area contributed by atoms with E-state index in [0.717, 1.165) is 6.42 Å². The summed E-state index contributed by atoms with van der Waals surface area (Å²) in [4.78, 5) is 24.7. The Morgan fingerprint density at radius 2 is 1.90 bits per heavy atom. The molecule has 0 aromatic heterocycles. The van der Waals surface area contributed by atoms with Crippen molar-refractivity contribution in [2.24, 2.45) is 5.92 Å². The Morgan fingerprint density at radius 3 is 2.59 bits per heavy atom. The number of aliphatic hydroxyl groups is 2. The number of ether oxygens (including phenoxy) is 2. The van der Waals surface area contributed by atoms with Crippen molar-refractivity contribution in [3.63, 3.8) is 0 Å². The second kappa shape index (κ2) is 10.2. The summed E-state index contributed by atoms with van der Waals surface area (Å²) >= 11 is 0. The van der Waals surface area contributed by atoms with Gasteiger partial charge < -0.3 is 24.8 Å². The molecule has 1 aliphatic heterocycles. The Kier molecular flexibility index (Phi) is 7.99. The second-order valence-corrected chi connectivity index (χ2v) is 7.14. The van der Waals surface area contributed by atoms with E-state index in [0.29, 0.717) is 17.9 Å². The third-order valence-electron chi connectivity index (χ3n) is 4.73. The van der Waals surface area contributed by atoms with Crippen LogP contribution in [-0.2, 0) is 9.53 Å². The van der Waals surface area contributed by atoms with Gasteiger partial charge in [0.05, 0.1) is 12.7 Å². The van der Waals surface area contributed by atoms with Crippen LogP contribution in [0.5, 0.6) is 11.5 Å². The lowest BCUT2D eigenvalue weighted by Gasteiger charge is -2.20. The minimum atomic E-state index is -1.56. The molecule has 7 heteroatoms. The first-order chi connectivity index (χ1) is 13.7. The fourth-order valence-electron chi connectivity index (χ4n) is 2.77. The summed E-state index contributed by atoms with van der Waals surface area (Å²) in [5.74, 6) is -1.55. The molecule has 7 nitrogen and oxygen atoms in total. The second-order valence-electron chi connectivity index (χ2n) is 7.14. The number of hydrogen-bond donors (Lipinski definition) is 3. The van der Waals surface area contributed by atoms with E-state index in [4.69, 9.17) is 9.47 Å². The van der Waals surface area contributed by atoms with E-state index in [2.05, 4.69) is 0 Å². The molecular weight excluding hydrogens is 376 g/mol. The van der Waals surface area contributed by atoms with Gasteiger partial charge in [-0.3, -0.25) is 4.79 Å². The number of aliphatic hydroxyl groups excluding tert-OH is 2. The Bertz CT molecular complexity index is 797. The zero-order valence-corrected chi connectivity index (χ0v) is 16.9. The van der Waals surface area contributed by atoms with E-state index in [9.17, 15) is 24.9 Å². The molecule has 0 spiro atoms. The Hall–Kier alpha value is -2.64. The first-order valence-electron chi connectivity index (χ1n) is 9.70. The van der Waals surface area contributed by atoms with E-state index in [-0.39, 0.29) is 23.7 Å². The van der Waals surface area contributed by atoms with E-state index >= 15 is 0 Å². The molecule has 1 aromatic rings. The first kappa shape index (κ1) is 22.6. The van der Waals surface area contributed by atoms with Crippen LogP contribution < -0.4 is 4.74 Å². The molecule has 1 heterocycles. The van der Waals surface area contributed by atoms with Crippen LogP contribution in [0.1, 0.15) is 49.5 Å². The first-order valence-corrected chi connectivity index (χ1v) is 9.70. The number of cyclic esters (lactones) is 1. The molecule has 1 aliphatic rings. The van der Waals surface area contributed by atoms with Gasteiger partial charge in [-0.25, -0.2) is 4.79 Å². The van der Waals surface area contributed by atoms with Crippen molar-refractivity contribution in [3.05, 3.63) is 41.5 Å². The van der Waals surface area contributed by atoms with Gasteiger partial charge in [0.25, 0.3) is 0 Å². The highest BCUT2D eigenvalue weighted by atomic mass is 16.5. The van der Waals surface area contributed by atoms with E-state index in [1.54, 1.807) is 19.9 Å². The van der Waals surface area contributed by atoms with Crippen LogP contribution >= 0.6 is 0 Å². The largest absolute Gasteiger partial charge is 0.507 e. The topological polar surface area (TPSA) is 113 Å². The highest BCUT2D eigenvalue weighted by molar-refractivity contribution is 5.97. The van der Waals surface area contributed by atoms with Crippen molar-refractivity contribution in [1.29, 1.82) is 0 Å². The molecule has 158 valence electrons. The predicted octanol–water partition coefficient (Wildman–Crippen LogP) is 2.63. The van der Waals surface area contributed by atoms with Gasteiger partial charge in [0, 0.05) is 12.0 Å². The summed E-state index contributed by atoms with van der Waals surface area (Å²) in [5, 5.41) is 30.5. The molecule has 1 aromatic carbocycles. The summed E-state index contributed by atoms with van der Waals surface area (Å²) in [6, 6.07) is 2.95. The fourth-order valence-corrected chi connectivity index (χ4v) is 2.77. The number of phenolic OH excluding ortho intramolecular Hbond substituents is 1. The Morgan fingerprint density at radius 1 is 1.17 bits per heavy atom. The van der Waals surface area contributed by atoms with Gasteiger partial charge in [0.2, 0.25) is 0 Å². The molecule has 4 atom stereocenters. The summed E-state index contributed by atoms with van der Waals surface area (Å²) in [7, 11) is 0. The highest BCUT2D eigenvalue weighted by Gasteiger charge is 2.25. The van der Waals surface area contributed by atoms with Crippen LogP contribution in [0.15, 0.2) is 30.4 Å². The van der Waals surface area contributed by atoms with Crippen LogP contribution in [0.3, 0.4) is 0 Å².